The number of ether oxygens (including phenoxy) is 1. The van der Waals surface area contributed by atoms with E-state index in [1.54, 1.807) is 0 Å². The Hall–Kier alpha value is -1.55. The molecule has 4 heteroatoms. The van der Waals surface area contributed by atoms with Crippen LogP contribution in [0.2, 0.25) is 0 Å². The number of rotatable bonds is 6. The van der Waals surface area contributed by atoms with Crippen molar-refractivity contribution in [1.29, 1.82) is 0 Å². The maximum atomic E-state index is 10.7. The molecule has 0 amide bonds. The van der Waals surface area contributed by atoms with Gasteiger partial charge in [0.05, 0.1) is 13.0 Å². The Balaban J connectivity index is 1.86. The van der Waals surface area contributed by atoms with Crippen LogP contribution in [0.1, 0.15) is 24.5 Å². The maximum absolute atomic E-state index is 10.7. The van der Waals surface area contributed by atoms with Gasteiger partial charge in [-0.2, -0.15) is 0 Å². The molecule has 0 aromatic heterocycles. The number of carboxylic acids is 1. The van der Waals surface area contributed by atoms with E-state index in [4.69, 9.17) is 9.84 Å². The molecule has 1 aromatic rings. The summed E-state index contributed by atoms with van der Waals surface area (Å²) in [5, 5.41) is 8.78. The molecule has 1 aliphatic rings. The largest absolute Gasteiger partial charge is 0.493 e. The standard InChI is InChI=1S/C15H21NO3/c1-11(9-15(17)18)16(2)7-5-12-3-4-14-13(10-12)6-8-19-14/h3-4,10-11H,5-9H2,1-2H3,(H,17,18). The lowest BCUT2D eigenvalue weighted by Gasteiger charge is -2.23. The topological polar surface area (TPSA) is 49.8 Å². The summed E-state index contributed by atoms with van der Waals surface area (Å²) in [5.41, 5.74) is 2.58. The molecule has 1 heterocycles. The van der Waals surface area contributed by atoms with Crippen molar-refractivity contribution in [3.8, 4) is 5.75 Å². The average molecular weight is 263 g/mol. The fourth-order valence-corrected chi connectivity index (χ4v) is 2.33. The number of likely N-dealkylation sites (N-methyl/N-ethyl adjacent to an activating group) is 1. The van der Waals surface area contributed by atoms with E-state index in [0.717, 1.165) is 31.7 Å². The molecule has 4 nitrogen and oxygen atoms in total. The van der Waals surface area contributed by atoms with Crippen molar-refractivity contribution < 1.29 is 14.6 Å². The smallest absolute Gasteiger partial charge is 0.304 e. The van der Waals surface area contributed by atoms with Crippen LogP contribution in [0.4, 0.5) is 0 Å². The molecule has 0 fully saturated rings. The highest BCUT2D eigenvalue weighted by atomic mass is 16.5. The van der Waals surface area contributed by atoms with Gasteiger partial charge in [-0.25, -0.2) is 0 Å². The van der Waals surface area contributed by atoms with Gasteiger partial charge in [-0.3, -0.25) is 4.79 Å². The third kappa shape index (κ3) is 3.70. The van der Waals surface area contributed by atoms with Crippen LogP contribution in [0, 0.1) is 0 Å². The Bertz CT molecular complexity index is 459. The van der Waals surface area contributed by atoms with Crippen molar-refractivity contribution >= 4 is 5.97 Å². The predicted octanol–water partition coefficient (Wildman–Crippen LogP) is 1.96. The molecule has 104 valence electrons. The summed E-state index contributed by atoms with van der Waals surface area (Å²) < 4.78 is 5.49. The van der Waals surface area contributed by atoms with Gasteiger partial charge in [0, 0.05) is 19.0 Å². The average Bonchev–Trinajstić information content (AvgIpc) is 2.82. The molecule has 1 N–H and O–H groups in total. The zero-order valence-electron chi connectivity index (χ0n) is 11.6. The molecule has 2 rings (SSSR count). The highest BCUT2D eigenvalue weighted by Gasteiger charge is 2.14. The molecule has 0 spiro atoms. The van der Waals surface area contributed by atoms with E-state index in [9.17, 15) is 4.79 Å². The molecule has 1 aliphatic heterocycles. The predicted molar refractivity (Wildman–Crippen MR) is 73.7 cm³/mol. The first kappa shape index (κ1) is 13.9. The first-order valence-corrected chi connectivity index (χ1v) is 6.73. The molecule has 1 atom stereocenters. The molecular weight excluding hydrogens is 242 g/mol. The Kier molecular flexibility index (Phi) is 4.43. The molecule has 0 aliphatic carbocycles. The van der Waals surface area contributed by atoms with Crippen LogP contribution < -0.4 is 4.74 Å². The van der Waals surface area contributed by atoms with Crippen LogP contribution in [0.5, 0.6) is 5.75 Å². The van der Waals surface area contributed by atoms with Crippen LogP contribution in [0.15, 0.2) is 18.2 Å². The number of carboxylic acid groups (broad SMARTS) is 1. The first-order chi connectivity index (χ1) is 9.06. The Labute approximate surface area is 114 Å². The Morgan fingerprint density at radius 1 is 1.53 bits per heavy atom. The highest BCUT2D eigenvalue weighted by molar-refractivity contribution is 5.67. The van der Waals surface area contributed by atoms with Gasteiger partial charge in [0.15, 0.2) is 0 Å². The normalized spacial score (nSPS) is 15.1. The summed E-state index contributed by atoms with van der Waals surface area (Å²) in [6.45, 7) is 3.60. The van der Waals surface area contributed by atoms with E-state index in [0.29, 0.717) is 0 Å². The van der Waals surface area contributed by atoms with Crippen molar-refractivity contribution in [3.05, 3.63) is 29.3 Å². The summed E-state index contributed by atoms with van der Waals surface area (Å²) >= 11 is 0. The van der Waals surface area contributed by atoms with Crippen molar-refractivity contribution in [2.75, 3.05) is 20.2 Å². The molecule has 1 aromatic carbocycles. The van der Waals surface area contributed by atoms with Gasteiger partial charge >= 0.3 is 5.97 Å². The minimum atomic E-state index is -0.742. The minimum Gasteiger partial charge on any atom is -0.493 e. The summed E-state index contributed by atoms with van der Waals surface area (Å²) in [5.74, 6) is 0.269. The lowest BCUT2D eigenvalue weighted by molar-refractivity contribution is -0.138. The zero-order chi connectivity index (χ0) is 13.8. The summed E-state index contributed by atoms with van der Waals surface area (Å²) in [6.07, 6.45) is 2.12. The Morgan fingerprint density at radius 2 is 2.32 bits per heavy atom. The van der Waals surface area contributed by atoms with Gasteiger partial charge in [-0.15, -0.1) is 0 Å². The second kappa shape index (κ2) is 6.06. The molecule has 0 saturated carbocycles. The fourth-order valence-electron chi connectivity index (χ4n) is 2.33. The first-order valence-electron chi connectivity index (χ1n) is 6.73. The van der Waals surface area contributed by atoms with Crippen molar-refractivity contribution in [3.63, 3.8) is 0 Å². The van der Waals surface area contributed by atoms with Gasteiger partial charge in [0.1, 0.15) is 5.75 Å². The summed E-state index contributed by atoms with van der Waals surface area (Å²) in [6, 6.07) is 6.41. The minimum absolute atomic E-state index is 0.0651. The molecule has 0 radical (unpaired) electrons. The van der Waals surface area contributed by atoms with Crippen LogP contribution >= 0.6 is 0 Å². The number of hydrogen-bond donors (Lipinski definition) is 1. The van der Waals surface area contributed by atoms with E-state index in [2.05, 4.69) is 17.0 Å². The third-order valence-corrected chi connectivity index (χ3v) is 3.73. The van der Waals surface area contributed by atoms with Crippen LogP contribution in [-0.4, -0.2) is 42.2 Å². The zero-order valence-corrected chi connectivity index (χ0v) is 11.6. The van der Waals surface area contributed by atoms with Crippen LogP contribution in [0.3, 0.4) is 0 Å². The molecule has 0 saturated heterocycles. The van der Waals surface area contributed by atoms with E-state index in [-0.39, 0.29) is 12.5 Å². The van der Waals surface area contributed by atoms with Crippen molar-refractivity contribution in [2.45, 2.75) is 32.2 Å². The van der Waals surface area contributed by atoms with Gasteiger partial charge < -0.3 is 14.7 Å². The SMILES string of the molecule is CC(CC(=O)O)N(C)CCc1ccc2c(c1)CCO2. The lowest BCUT2D eigenvalue weighted by Crippen LogP contribution is -2.32. The monoisotopic (exact) mass is 263 g/mol. The molecule has 19 heavy (non-hydrogen) atoms. The number of carbonyl (C=O) groups is 1. The van der Waals surface area contributed by atoms with Gasteiger partial charge in [0.25, 0.3) is 0 Å². The number of nitrogens with zero attached hydrogens (tertiary/aromatic N) is 1. The maximum Gasteiger partial charge on any atom is 0.304 e. The van der Waals surface area contributed by atoms with Gasteiger partial charge in [-0.05, 0) is 37.6 Å². The second-order valence-electron chi connectivity index (χ2n) is 5.22. The fraction of sp³-hybridized carbons (Fsp3) is 0.533. The van der Waals surface area contributed by atoms with E-state index in [1.165, 1.54) is 11.1 Å². The molecule has 0 bridgehead atoms. The van der Waals surface area contributed by atoms with E-state index >= 15 is 0 Å². The molecular formula is C15H21NO3. The lowest BCUT2D eigenvalue weighted by atomic mass is 10.1. The number of hydrogen-bond acceptors (Lipinski definition) is 3. The number of aliphatic carboxylic acids is 1. The van der Waals surface area contributed by atoms with Gasteiger partial charge in [0.2, 0.25) is 0 Å². The highest BCUT2D eigenvalue weighted by Crippen LogP contribution is 2.26. The second-order valence-corrected chi connectivity index (χ2v) is 5.22. The van der Waals surface area contributed by atoms with Crippen LogP contribution in [-0.2, 0) is 17.6 Å². The van der Waals surface area contributed by atoms with Gasteiger partial charge in [-0.1, -0.05) is 12.1 Å². The summed E-state index contributed by atoms with van der Waals surface area (Å²) in [7, 11) is 1.98. The van der Waals surface area contributed by atoms with Crippen molar-refractivity contribution in [2.24, 2.45) is 0 Å². The third-order valence-electron chi connectivity index (χ3n) is 3.73. The molecule has 1 unspecified atom stereocenters. The van der Waals surface area contributed by atoms with E-state index < -0.39 is 5.97 Å². The van der Waals surface area contributed by atoms with E-state index in [1.807, 2.05) is 20.0 Å². The quantitative estimate of drug-likeness (QED) is 0.852. The summed E-state index contributed by atoms with van der Waals surface area (Å²) in [4.78, 5) is 12.8. The Morgan fingerprint density at radius 3 is 3.05 bits per heavy atom. The number of fused-ring (bicyclic) bond motifs is 1. The van der Waals surface area contributed by atoms with Crippen molar-refractivity contribution in [1.82, 2.24) is 4.90 Å². The number of benzene rings is 1. The van der Waals surface area contributed by atoms with Crippen LogP contribution in [0.25, 0.3) is 0 Å².